The molecule has 0 bridgehead atoms. The van der Waals surface area contributed by atoms with Crippen LogP contribution >= 0.6 is 0 Å². The zero-order valence-corrected chi connectivity index (χ0v) is 15.0. The van der Waals surface area contributed by atoms with Gasteiger partial charge in [-0.3, -0.25) is 14.5 Å². The predicted molar refractivity (Wildman–Crippen MR) is 93.7 cm³/mol. The molecule has 1 unspecified atom stereocenters. The van der Waals surface area contributed by atoms with Crippen molar-refractivity contribution in [2.75, 3.05) is 39.8 Å². The molecule has 3 aliphatic rings. The van der Waals surface area contributed by atoms with Gasteiger partial charge in [0.05, 0.1) is 6.04 Å². The fraction of sp³-hybridized carbons (Fsp3) is 0.778. The Balaban J connectivity index is 1.40. The van der Waals surface area contributed by atoms with Crippen LogP contribution in [-0.4, -0.2) is 78.0 Å². The summed E-state index contributed by atoms with van der Waals surface area (Å²) in [7, 11) is 2.01. The van der Waals surface area contributed by atoms with Crippen molar-refractivity contribution in [3.05, 3.63) is 0 Å². The lowest BCUT2D eigenvalue weighted by atomic mass is 10.0. The third kappa shape index (κ3) is 4.18. The molecule has 3 rings (SSSR count). The smallest absolute Gasteiger partial charge is 0.240 e. The third-order valence-corrected chi connectivity index (χ3v) is 5.54. The van der Waals surface area contributed by atoms with E-state index in [-0.39, 0.29) is 17.9 Å². The number of carbonyl (C=O) groups excluding carboxylic acids is 2. The lowest BCUT2D eigenvalue weighted by molar-refractivity contribution is -0.142. The fourth-order valence-electron chi connectivity index (χ4n) is 3.74. The Kier molecular flexibility index (Phi) is 5.38. The van der Waals surface area contributed by atoms with Crippen molar-refractivity contribution in [1.82, 2.24) is 14.7 Å². The molecule has 25 heavy (non-hydrogen) atoms. The molecular weight excluding hydrogens is 318 g/mol. The van der Waals surface area contributed by atoms with E-state index in [2.05, 4.69) is 21.0 Å². The SMILES string of the molecule is C#CCCC1(CCC(=O)N2CCN(C(=O)C3CCCN3C)CC2)N=N1. The van der Waals surface area contributed by atoms with Gasteiger partial charge in [0.15, 0.2) is 5.66 Å². The van der Waals surface area contributed by atoms with Gasteiger partial charge in [-0.2, -0.15) is 10.2 Å². The summed E-state index contributed by atoms with van der Waals surface area (Å²) < 4.78 is 0. The van der Waals surface area contributed by atoms with Gasteiger partial charge in [0.25, 0.3) is 0 Å². The minimum atomic E-state index is -0.396. The molecule has 2 fully saturated rings. The average Bonchev–Trinajstić information content (AvgIpc) is 3.29. The molecule has 1 atom stereocenters. The maximum Gasteiger partial charge on any atom is 0.240 e. The Bertz CT molecular complexity index is 583. The molecule has 0 aromatic rings. The zero-order valence-electron chi connectivity index (χ0n) is 15.0. The van der Waals surface area contributed by atoms with Crippen LogP contribution < -0.4 is 0 Å². The van der Waals surface area contributed by atoms with E-state index in [1.54, 1.807) is 0 Å². The van der Waals surface area contributed by atoms with Crippen molar-refractivity contribution in [2.24, 2.45) is 10.2 Å². The van der Waals surface area contributed by atoms with Crippen LogP contribution in [0.2, 0.25) is 0 Å². The number of terminal acetylenes is 1. The van der Waals surface area contributed by atoms with Crippen LogP contribution in [0.15, 0.2) is 10.2 Å². The first-order valence-electron chi connectivity index (χ1n) is 9.19. The van der Waals surface area contributed by atoms with Crippen LogP contribution in [-0.2, 0) is 9.59 Å². The number of hydrogen-bond acceptors (Lipinski definition) is 5. The van der Waals surface area contributed by atoms with Gasteiger partial charge in [-0.1, -0.05) is 0 Å². The summed E-state index contributed by atoms with van der Waals surface area (Å²) in [4.78, 5) is 30.9. The van der Waals surface area contributed by atoms with E-state index >= 15 is 0 Å². The number of carbonyl (C=O) groups is 2. The summed E-state index contributed by atoms with van der Waals surface area (Å²) in [6, 6.07) is 0.0244. The second-order valence-corrected chi connectivity index (χ2v) is 7.23. The van der Waals surface area contributed by atoms with Crippen molar-refractivity contribution in [3.63, 3.8) is 0 Å². The largest absolute Gasteiger partial charge is 0.339 e. The Labute approximate surface area is 149 Å². The first-order chi connectivity index (χ1) is 12.0. The molecule has 0 aliphatic carbocycles. The molecular formula is C18H27N5O2. The van der Waals surface area contributed by atoms with Crippen LogP contribution in [0.1, 0.15) is 38.5 Å². The number of hydrogen-bond donors (Lipinski definition) is 0. The average molecular weight is 345 g/mol. The highest BCUT2D eigenvalue weighted by Gasteiger charge is 2.40. The highest BCUT2D eigenvalue weighted by atomic mass is 16.2. The Morgan fingerprint density at radius 1 is 1.12 bits per heavy atom. The van der Waals surface area contributed by atoms with Crippen LogP contribution in [0.4, 0.5) is 0 Å². The molecule has 0 saturated carbocycles. The number of rotatable bonds is 6. The maximum absolute atomic E-state index is 12.6. The van der Waals surface area contributed by atoms with E-state index in [9.17, 15) is 9.59 Å². The van der Waals surface area contributed by atoms with Gasteiger partial charge in [0.2, 0.25) is 11.8 Å². The topological polar surface area (TPSA) is 68.6 Å². The summed E-state index contributed by atoms with van der Waals surface area (Å²) in [5.41, 5.74) is -0.396. The molecule has 0 aromatic carbocycles. The summed E-state index contributed by atoms with van der Waals surface area (Å²) in [5, 5.41) is 8.15. The van der Waals surface area contributed by atoms with E-state index in [1.807, 2.05) is 16.8 Å². The zero-order chi connectivity index (χ0) is 17.9. The van der Waals surface area contributed by atoms with Gasteiger partial charge in [-0.25, -0.2) is 0 Å². The first-order valence-corrected chi connectivity index (χ1v) is 9.19. The molecule has 0 N–H and O–H groups in total. The van der Waals surface area contributed by atoms with Gasteiger partial charge < -0.3 is 9.80 Å². The number of piperazine rings is 1. The Morgan fingerprint density at radius 2 is 1.80 bits per heavy atom. The fourth-order valence-corrected chi connectivity index (χ4v) is 3.74. The molecule has 0 radical (unpaired) electrons. The lowest BCUT2D eigenvalue weighted by Crippen LogP contribution is -2.54. The van der Waals surface area contributed by atoms with E-state index in [4.69, 9.17) is 6.42 Å². The van der Waals surface area contributed by atoms with Gasteiger partial charge in [0.1, 0.15) is 0 Å². The van der Waals surface area contributed by atoms with Gasteiger partial charge in [-0.15, -0.1) is 12.3 Å². The van der Waals surface area contributed by atoms with E-state index in [0.717, 1.165) is 25.8 Å². The first kappa shape index (κ1) is 17.9. The van der Waals surface area contributed by atoms with Crippen LogP contribution in [0, 0.1) is 12.3 Å². The summed E-state index contributed by atoms with van der Waals surface area (Å²) >= 11 is 0. The van der Waals surface area contributed by atoms with Crippen molar-refractivity contribution in [3.8, 4) is 12.3 Å². The second-order valence-electron chi connectivity index (χ2n) is 7.23. The number of likely N-dealkylation sites (N-methyl/N-ethyl adjacent to an activating group) is 1. The standard InChI is InChI=1S/C18H27N5O2/c1-3-4-8-18(19-20-18)9-7-16(24)22-11-13-23(14-12-22)17(25)15-6-5-10-21(15)2/h1,15H,4-14H2,2H3. The third-order valence-electron chi connectivity index (χ3n) is 5.54. The molecule has 2 saturated heterocycles. The van der Waals surface area contributed by atoms with Crippen molar-refractivity contribution >= 4 is 11.8 Å². The molecule has 136 valence electrons. The quantitative estimate of drug-likeness (QED) is 0.677. The molecule has 3 heterocycles. The molecule has 3 aliphatic heterocycles. The van der Waals surface area contributed by atoms with Gasteiger partial charge in [-0.05, 0) is 26.4 Å². The molecule has 0 aromatic heterocycles. The number of amides is 2. The van der Waals surface area contributed by atoms with E-state index in [0.29, 0.717) is 45.4 Å². The van der Waals surface area contributed by atoms with Gasteiger partial charge in [0, 0.05) is 51.9 Å². The summed E-state index contributed by atoms with van der Waals surface area (Å²) in [5.74, 6) is 2.95. The summed E-state index contributed by atoms with van der Waals surface area (Å²) in [6.45, 7) is 3.49. The normalized spacial score (nSPS) is 25.0. The molecule has 7 nitrogen and oxygen atoms in total. The van der Waals surface area contributed by atoms with Crippen molar-refractivity contribution in [1.29, 1.82) is 0 Å². The Morgan fingerprint density at radius 3 is 2.36 bits per heavy atom. The number of likely N-dealkylation sites (tertiary alicyclic amines) is 1. The maximum atomic E-state index is 12.6. The van der Waals surface area contributed by atoms with E-state index in [1.165, 1.54) is 0 Å². The minimum Gasteiger partial charge on any atom is -0.339 e. The van der Waals surface area contributed by atoms with Gasteiger partial charge >= 0.3 is 0 Å². The van der Waals surface area contributed by atoms with Crippen LogP contribution in [0.25, 0.3) is 0 Å². The van der Waals surface area contributed by atoms with Crippen LogP contribution in [0.3, 0.4) is 0 Å². The van der Waals surface area contributed by atoms with E-state index < -0.39 is 5.66 Å². The molecule has 0 spiro atoms. The second kappa shape index (κ2) is 7.52. The van der Waals surface area contributed by atoms with Crippen molar-refractivity contribution < 1.29 is 9.59 Å². The monoisotopic (exact) mass is 345 g/mol. The highest BCUT2D eigenvalue weighted by molar-refractivity contribution is 5.83. The lowest BCUT2D eigenvalue weighted by Gasteiger charge is -2.37. The number of nitrogens with zero attached hydrogens (tertiary/aromatic N) is 5. The molecule has 7 heteroatoms. The Hall–Kier alpha value is -1.94. The predicted octanol–water partition coefficient (Wildman–Crippen LogP) is 1.11. The van der Waals surface area contributed by atoms with Crippen LogP contribution in [0.5, 0.6) is 0 Å². The summed E-state index contributed by atoms with van der Waals surface area (Å²) in [6.07, 6.45) is 9.76. The minimum absolute atomic E-state index is 0.0244. The van der Waals surface area contributed by atoms with Crippen molar-refractivity contribution in [2.45, 2.75) is 50.2 Å². The molecule has 2 amide bonds. The highest BCUT2D eigenvalue weighted by Crippen LogP contribution is 2.37.